The fourth-order valence-corrected chi connectivity index (χ4v) is 2.42. The van der Waals surface area contributed by atoms with Crippen molar-refractivity contribution < 1.29 is 0 Å². The Morgan fingerprint density at radius 3 is 2.87 bits per heavy atom. The largest absolute Gasteiger partial charge is 0.361 e. The van der Waals surface area contributed by atoms with Crippen molar-refractivity contribution in [2.45, 2.75) is 31.8 Å². The van der Waals surface area contributed by atoms with Gasteiger partial charge in [-0.1, -0.05) is 25.5 Å². The van der Waals surface area contributed by atoms with E-state index in [-0.39, 0.29) is 0 Å². The molecule has 0 radical (unpaired) electrons. The molecule has 1 aromatic carbocycles. The van der Waals surface area contributed by atoms with Gasteiger partial charge in [0.2, 0.25) is 0 Å². The van der Waals surface area contributed by atoms with Gasteiger partial charge >= 0.3 is 0 Å². The maximum atomic E-state index is 3.33. The summed E-state index contributed by atoms with van der Waals surface area (Å²) in [5, 5.41) is 2.07. The lowest BCUT2D eigenvalue weighted by Gasteiger charge is -2.03. The SMILES string of the molecule is Cc1ccc2[nH]cc(CSC(C)C)c2c1. The van der Waals surface area contributed by atoms with Crippen LogP contribution in [-0.4, -0.2) is 10.2 Å². The molecule has 0 aliphatic rings. The molecule has 0 saturated heterocycles. The molecule has 0 fully saturated rings. The standard InChI is InChI=1S/C13H17NS/c1-9(2)15-8-11-7-14-13-5-4-10(3)6-12(11)13/h4-7,9,14H,8H2,1-3H3. The van der Waals surface area contributed by atoms with Crippen LogP contribution in [0.3, 0.4) is 0 Å². The van der Waals surface area contributed by atoms with Crippen LogP contribution in [0.2, 0.25) is 0 Å². The number of hydrogen-bond donors (Lipinski definition) is 1. The molecule has 0 atom stereocenters. The van der Waals surface area contributed by atoms with E-state index in [0.717, 1.165) is 5.75 Å². The van der Waals surface area contributed by atoms with Crippen molar-refractivity contribution in [3.05, 3.63) is 35.5 Å². The number of aryl methyl sites for hydroxylation is 1. The predicted octanol–water partition coefficient (Wildman–Crippen LogP) is 4.12. The molecule has 0 unspecified atom stereocenters. The third-order valence-corrected chi connectivity index (χ3v) is 3.64. The Bertz CT molecular complexity index is 457. The lowest BCUT2D eigenvalue weighted by Crippen LogP contribution is -1.87. The van der Waals surface area contributed by atoms with Crippen molar-refractivity contribution in [3.8, 4) is 0 Å². The topological polar surface area (TPSA) is 15.8 Å². The molecule has 2 rings (SSSR count). The number of benzene rings is 1. The van der Waals surface area contributed by atoms with E-state index in [1.165, 1.54) is 22.0 Å². The van der Waals surface area contributed by atoms with Gasteiger partial charge in [-0.25, -0.2) is 0 Å². The first kappa shape index (κ1) is 10.6. The summed E-state index contributed by atoms with van der Waals surface area (Å²) in [6.07, 6.45) is 2.14. The minimum Gasteiger partial charge on any atom is -0.361 e. The van der Waals surface area contributed by atoms with E-state index in [1.807, 2.05) is 11.8 Å². The summed E-state index contributed by atoms with van der Waals surface area (Å²) < 4.78 is 0. The minimum absolute atomic E-state index is 0.694. The third kappa shape index (κ3) is 2.37. The number of nitrogens with one attached hydrogen (secondary N) is 1. The van der Waals surface area contributed by atoms with Crippen LogP contribution in [0.25, 0.3) is 10.9 Å². The lowest BCUT2D eigenvalue weighted by atomic mass is 10.1. The highest BCUT2D eigenvalue weighted by atomic mass is 32.2. The van der Waals surface area contributed by atoms with E-state index in [1.54, 1.807) is 0 Å². The Morgan fingerprint density at radius 2 is 2.13 bits per heavy atom. The highest BCUT2D eigenvalue weighted by molar-refractivity contribution is 7.99. The average Bonchev–Trinajstić information content (AvgIpc) is 2.57. The van der Waals surface area contributed by atoms with E-state index in [0.29, 0.717) is 5.25 Å². The van der Waals surface area contributed by atoms with Gasteiger partial charge in [-0.3, -0.25) is 0 Å². The molecule has 0 aliphatic heterocycles. The van der Waals surface area contributed by atoms with Crippen molar-refractivity contribution >= 4 is 22.7 Å². The predicted molar refractivity (Wildman–Crippen MR) is 69.5 cm³/mol. The van der Waals surface area contributed by atoms with E-state index in [4.69, 9.17) is 0 Å². The van der Waals surface area contributed by atoms with Crippen molar-refractivity contribution in [3.63, 3.8) is 0 Å². The summed E-state index contributed by atoms with van der Waals surface area (Å²) in [5.74, 6) is 1.10. The van der Waals surface area contributed by atoms with E-state index >= 15 is 0 Å². The number of rotatable bonds is 3. The fraction of sp³-hybridized carbons (Fsp3) is 0.385. The summed E-state index contributed by atoms with van der Waals surface area (Å²) in [6.45, 7) is 6.63. The van der Waals surface area contributed by atoms with Gasteiger partial charge in [0.1, 0.15) is 0 Å². The Kier molecular flexibility index (Phi) is 3.06. The molecule has 0 amide bonds. The van der Waals surface area contributed by atoms with Gasteiger partial charge in [0, 0.05) is 22.9 Å². The van der Waals surface area contributed by atoms with Gasteiger partial charge in [0.25, 0.3) is 0 Å². The Morgan fingerprint density at radius 1 is 1.33 bits per heavy atom. The quantitative estimate of drug-likeness (QED) is 0.821. The first-order valence-electron chi connectivity index (χ1n) is 5.35. The molecule has 1 nitrogen and oxygen atoms in total. The third-order valence-electron chi connectivity index (χ3n) is 2.50. The molecular formula is C13H17NS. The molecular weight excluding hydrogens is 202 g/mol. The highest BCUT2D eigenvalue weighted by Crippen LogP contribution is 2.25. The number of fused-ring (bicyclic) bond motifs is 1. The number of aromatic nitrogens is 1. The molecule has 2 aromatic rings. The van der Waals surface area contributed by atoms with Crippen LogP contribution in [0.5, 0.6) is 0 Å². The van der Waals surface area contributed by atoms with Gasteiger partial charge in [0.15, 0.2) is 0 Å². The van der Waals surface area contributed by atoms with Gasteiger partial charge in [-0.15, -0.1) is 0 Å². The van der Waals surface area contributed by atoms with Gasteiger partial charge in [-0.05, 0) is 29.9 Å². The van der Waals surface area contributed by atoms with Crippen LogP contribution >= 0.6 is 11.8 Å². The van der Waals surface area contributed by atoms with Gasteiger partial charge in [-0.2, -0.15) is 11.8 Å². The molecule has 0 spiro atoms. The van der Waals surface area contributed by atoms with E-state index < -0.39 is 0 Å². The number of H-pyrrole nitrogens is 1. The molecule has 2 heteroatoms. The molecule has 80 valence electrons. The molecule has 15 heavy (non-hydrogen) atoms. The van der Waals surface area contributed by atoms with Crippen molar-refractivity contribution in [1.29, 1.82) is 0 Å². The molecule has 1 N–H and O–H groups in total. The summed E-state index contributed by atoms with van der Waals surface area (Å²) in [6, 6.07) is 6.58. The smallest absolute Gasteiger partial charge is 0.0457 e. The zero-order chi connectivity index (χ0) is 10.8. The molecule has 0 aliphatic carbocycles. The zero-order valence-corrected chi connectivity index (χ0v) is 10.3. The molecule has 1 aromatic heterocycles. The average molecular weight is 219 g/mol. The highest BCUT2D eigenvalue weighted by Gasteiger charge is 2.04. The number of thioether (sulfide) groups is 1. The van der Waals surface area contributed by atoms with Crippen LogP contribution in [0.4, 0.5) is 0 Å². The van der Waals surface area contributed by atoms with Gasteiger partial charge in [0.05, 0.1) is 0 Å². The Hall–Kier alpha value is -0.890. The second kappa shape index (κ2) is 4.31. The maximum absolute atomic E-state index is 3.33. The zero-order valence-electron chi connectivity index (χ0n) is 9.50. The monoisotopic (exact) mass is 219 g/mol. The van der Waals surface area contributed by atoms with Crippen molar-refractivity contribution in [2.75, 3.05) is 0 Å². The number of hydrogen-bond acceptors (Lipinski definition) is 1. The van der Waals surface area contributed by atoms with Crippen molar-refractivity contribution in [1.82, 2.24) is 4.98 Å². The first-order chi connectivity index (χ1) is 7.16. The van der Waals surface area contributed by atoms with Crippen LogP contribution < -0.4 is 0 Å². The molecule has 1 heterocycles. The summed E-state index contributed by atoms with van der Waals surface area (Å²) in [5.41, 5.74) is 4.00. The van der Waals surface area contributed by atoms with Crippen LogP contribution in [0.15, 0.2) is 24.4 Å². The summed E-state index contributed by atoms with van der Waals surface area (Å²) >= 11 is 1.99. The van der Waals surface area contributed by atoms with Crippen molar-refractivity contribution in [2.24, 2.45) is 0 Å². The Balaban J connectivity index is 2.31. The van der Waals surface area contributed by atoms with E-state index in [9.17, 15) is 0 Å². The van der Waals surface area contributed by atoms with E-state index in [2.05, 4.69) is 50.2 Å². The fourth-order valence-electron chi connectivity index (χ4n) is 1.67. The summed E-state index contributed by atoms with van der Waals surface area (Å²) in [4.78, 5) is 3.33. The van der Waals surface area contributed by atoms with Crippen LogP contribution in [0.1, 0.15) is 25.0 Å². The van der Waals surface area contributed by atoms with Gasteiger partial charge < -0.3 is 4.98 Å². The van der Waals surface area contributed by atoms with Crippen LogP contribution in [0, 0.1) is 6.92 Å². The molecule has 0 bridgehead atoms. The lowest BCUT2D eigenvalue weighted by molar-refractivity contribution is 1.11. The normalized spacial score (nSPS) is 11.5. The molecule has 0 saturated carbocycles. The number of aromatic amines is 1. The first-order valence-corrected chi connectivity index (χ1v) is 6.40. The minimum atomic E-state index is 0.694. The maximum Gasteiger partial charge on any atom is 0.0457 e. The second-order valence-corrected chi connectivity index (χ2v) is 5.79. The summed E-state index contributed by atoms with van der Waals surface area (Å²) in [7, 11) is 0. The second-order valence-electron chi connectivity index (χ2n) is 4.22. The Labute approximate surface area is 95.3 Å². The van der Waals surface area contributed by atoms with Crippen LogP contribution in [-0.2, 0) is 5.75 Å².